The lowest BCUT2D eigenvalue weighted by Gasteiger charge is -2.17. The molecule has 0 saturated carbocycles. The SMILES string of the molecule is CSc1ccccc1NS(=O)(=O)c1ccc(O[C@@H](C)C(=O)NC(C)C)cc1. The molecular weight excluding hydrogens is 384 g/mol. The summed E-state index contributed by atoms with van der Waals surface area (Å²) in [5.41, 5.74) is 0.532. The molecule has 0 aromatic heterocycles. The van der Waals surface area contributed by atoms with E-state index in [1.165, 1.54) is 36.0 Å². The highest BCUT2D eigenvalue weighted by Gasteiger charge is 2.18. The summed E-state index contributed by atoms with van der Waals surface area (Å²) in [6, 6.07) is 13.2. The molecule has 0 fully saturated rings. The van der Waals surface area contributed by atoms with Gasteiger partial charge in [0.25, 0.3) is 15.9 Å². The van der Waals surface area contributed by atoms with Crippen molar-refractivity contribution in [2.75, 3.05) is 11.0 Å². The van der Waals surface area contributed by atoms with Crippen LogP contribution in [-0.4, -0.2) is 32.7 Å². The number of para-hydroxylation sites is 1. The van der Waals surface area contributed by atoms with Crippen LogP contribution in [0.5, 0.6) is 5.75 Å². The van der Waals surface area contributed by atoms with Crippen molar-refractivity contribution in [1.29, 1.82) is 0 Å². The van der Waals surface area contributed by atoms with Crippen LogP contribution in [0.2, 0.25) is 0 Å². The summed E-state index contributed by atoms with van der Waals surface area (Å²) in [6.45, 7) is 5.38. The lowest BCUT2D eigenvalue weighted by Crippen LogP contribution is -2.40. The molecule has 2 aromatic carbocycles. The number of amides is 1. The molecule has 146 valence electrons. The molecule has 6 nitrogen and oxygen atoms in total. The third-order valence-corrected chi connectivity index (χ3v) is 5.78. The Morgan fingerprint density at radius 2 is 1.67 bits per heavy atom. The van der Waals surface area contributed by atoms with Crippen LogP contribution in [0.25, 0.3) is 0 Å². The van der Waals surface area contributed by atoms with Crippen molar-refractivity contribution in [2.45, 2.75) is 42.7 Å². The van der Waals surface area contributed by atoms with Gasteiger partial charge in [0, 0.05) is 10.9 Å². The molecule has 27 heavy (non-hydrogen) atoms. The molecule has 0 heterocycles. The number of carbonyl (C=O) groups is 1. The van der Waals surface area contributed by atoms with Crippen molar-refractivity contribution >= 4 is 33.4 Å². The van der Waals surface area contributed by atoms with Crippen molar-refractivity contribution in [3.05, 3.63) is 48.5 Å². The summed E-state index contributed by atoms with van der Waals surface area (Å²) in [6.07, 6.45) is 1.21. The summed E-state index contributed by atoms with van der Waals surface area (Å²) in [4.78, 5) is 12.9. The minimum absolute atomic E-state index is 0.0197. The molecule has 8 heteroatoms. The maximum absolute atomic E-state index is 12.6. The zero-order valence-electron chi connectivity index (χ0n) is 15.7. The largest absolute Gasteiger partial charge is 0.481 e. The summed E-state index contributed by atoms with van der Waals surface area (Å²) in [5, 5.41) is 2.76. The first-order chi connectivity index (χ1) is 12.7. The number of carbonyl (C=O) groups excluding carboxylic acids is 1. The van der Waals surface area contributed by atoms with E-state index in [1.807, 2.05) is 32.2 Å². The van der Waals surface area contributed by atoms with Crippen LogP contribution in [0.15, 0.2) is 58.3 Å². The van der Waals surface area contributed by atoms with Gasteiger partial charge in [-0.15, -0.1) is 11.8 Å². The maximum atomic E-state index is 12.6. The lowest BCUT2D eigenvalue weighted by molar-refractivity contribution is -0.127. The van der Waals surface area contributed by atoms with E-state index in [0.717, 1.165) is 4.90 Å². The number of hydrogen-bond acceptors (Lipinski definition) is 5. The summed E-state index contributed by atoms with van der Waals surface area (Å²) < 4.78 is 33.4. The molecular formula is C19H24N2O4S2. The molecule has 0 saturated heterocycles. The molecule has 0 aliphatic rings. The average Bonchev–Trinajstić information content (AvgIpc) is 2.61. The summed E-state index contributed by atoms with van der Waals surface area (Å²) in [5.74, 6) is 0.196. The lowest BCUT2D eigenvalue weighted by atomic mass is 10.3. The molecule has 0 spiro atoms. The number of ether oxygens (including phenoxy) is 1. The standard InChI is InChI=1S/C19H24N2O4S2/c1-13(2)20-19(22)14(3)25-15-9-11-16(12-10-15)27(23,24)21-17-7-5-6-8-18(17)26-4/h5-14,21H,1-4H3,(H,20,22)/t14-/m0/s1. The summed E-state index contributed by atoms with van der Waals surface area (Å²) >= 11 is 1.46. The highest BCUT2D eigenvalue weighted by atomic mass is 32.2. The quantitative estimate of drug-likeness (QED) is 0.653. The van der Waals surface area contributed by atoms with Gasteiger partial charge in [0.2, 0.25) is 0 Å². The minimum Gasteiger partial charge on any atom is -0.481 e. The number of thioether (sulfide) groups is 1. The van der Waals surface area contributed by atoms with Crippen molar-refractivity contribution in [1.82, 2.24) is 5.32 Å². The first-order valence-corrected chi connectivity index (χ1v) is 11.2. The van der Waals surface area contributed by atoms with E-state index in [2.05, 4.69) is 10.0 Å². The van der Waals surface area contributed by atoms with E-state index in [4.69, 9.17) is 4.74 Å². The zero-order chi connectivity index (χ0) is 20.0. The Morgan fingerprint density at radius 3 is 2.26 bits per heavy atom. The number of rotatable bonds is 8. The van der Waals surface area contributed by atoms with Gasteiger partial charge in [0.15, 0.2) is 6.10 Å². The zero-order valence-corrected chi connectivity index (χ0v) is 17.4. The normalized spacial score (nSPS) is 12.5. The fourth-order valence-corrected chi connectivity index (χ4v) is 3.99. The minimum atomic E-state index is -3.72. The Morgan fingerprint density at radius 1 is 1.04 bits per heavy atom. The van der Waals surface area contributed by atoms with E-state index in [-0.39, 0.29) is 16.8 Å². The van der Waals surface area contributed by atoms with E-state index in [0.29, 0.717) is 11.4 Å². The third-order valence-electron chi connectivity index (χ3n) is 3.60. The van der Waals surface area contributed by atoms with Crippen LogP contribution in [0.3, 0.4) is 0 Å². The van der Waals surface area contributed by atoms with Crippen LogP contribution in [0.4, 0.5) is 5.69 Å². The molecule has 2 aromatic rings. The van der Waals surface area contributed by atoms with Crippen LogP contribution in [0.1, 0.15) is 20.8 Å². The molecule has 0 aliphatic carbocycles. The van der Waals surface area contributed by atoms with E-state index < -0.39 is 16.1 Å². The van der Waals surface area contributed by atoms with Gasteiger partial charge in [-0.05, 0) is 63.4 Å². The molecule has 0 bridgehead atoms. The Labute approximate surface area is 164 Å². The van der Waals surface area contributed by atoms with Crippen LogP contribution in [-0.2, 0) is 14.8 Å². The van der Waals surface area contributed by atoms with Crippen molar-refractivity contribution < 1.29 is 17.9 Å². The number of hydrogen-bond donors (Lipinski definition) is 2. The number of benzene rings is 2. The van der Waals surface area contributed by atoms with E-state index >= 15 is 0 Å². The monoisotopic (exact) mass is 408 g/mol. The van der Waals surface area contributed by atoms with E-state index in [1.54, 1.807) is 19.1 Å². The second kappa shape index (κ2) is 9.14. The molecule has 1 atom stereocenters. The highest BCUT2D eigenvalue weighted by molar-refractivity contribution is 7.99. The third kappa shape index (κ3) is 5.90. The second-order valence-corrected chi connectivity index (χ2v) is 8.73. The maximum Gasteiger partial charge on any atom is 0.261 e. The molecule has 2 rings (SSSR count). The van der Waals surface area contributed by atoms with Gasteiger partial charge in [-0.2, -0.15) is 0 Å². The van der Waals surface area contributed by atoms with Gasteiger partial charge in [0.1, 0.15) is 5.75 Å². The fraction of sp³-hybridized carbons (Fsp3) is 0.316. The van der Waals surface area contributed by atoms with Crippen LogP contribution in [0, 0.1) is 0 Å². The molecule has 0 aliphatic heterocycles. The van der Waals surface area contributed by atoms with Crippen molar-refractivity contribution in [2.24, 2.45) is 0 Å². The van der Waals surface area contributed by atoms with E-state index in [9.17, 15) is 13.2 Å². The fourth-order valence-electron chi connectivity index (χ4n) is 2.29. The number of nitrogens with one attached hydrogen (secondary N) is 2. The van der Waals surface area contributed by atoms with Gasteiger partial charge >= 0.3 is 0 Å². The number of anilines is 1. The molecule has 2 N–H and O–H groups in total. The average molecular weight is 409 g/mol. The highest BCUT2D eigenvalue weighted by Crippen LogP contribution is 2.27. The second-order valence-electron chi connectivity index (χ2n) is 6.20. The predicted octanol–water partition coefficient (Wildman–Crippen LogP) is 3.50. The molecule has 0 radical (unpaired) electrons. The first-order valence-electron chi connectivity index (χ1n) is 8.46. The smallest absolute Gasteiger partial charge is 0.261 e. The van der Waals surface area contributed by atoms with Crippen molar-refractivity contribution in [3.63, 3.8) is 0 Å². The van der Waals surface area contributed by atoms with Crippen LogP contribution < -0.4 is 14.8 Å². The predicted molar refractivity (Wildman–Crippen MR) is 109 cm³/mol. The van der Waals surface area contributed by atoms with Gasteiger partial charge in [-0.3, -0.25) is 9.52 Å². The van der Waals surface area contributed by atoms with Crippen molar-refractivity contribution in [3.8, 4) is 5.75 Å². The Kier molecular flexibility index (Phi) is 7.15. The Balaban J connectivity index is 2.10. The Hall–Kier alpha value is -2.19. The first kappa shape index (κ1) is 21.1. The molecule has 1 amide bonds. The van der Waals surface area contributed by atoms with Crippen LogP contribution >= 0.6 is 11.8 Å². The number of sulfonamides is 1. The van der Waals surface area contributed by atoms with Gasteiger partial charge in [-0.25, -0.2) is 8.42 Å². The van der Waals surface area contributed by atoms with Gasteiger partial charge < -0.3 is 10.1 Å². The topological polar surface area (TPSA) is 84.5 Å². The van der Waals surface area contributed by atoms with Gasteiger partial charge in [-0.1, -0.05) is 12.1 Å². The Bertz CT molecular complexity index is 881. The van der Waals surface area contributed by atoms with Gasteiger partial charge in [0.05, 0.1) is 10.6 Å². The molecule has 0 unspecified atom stereocenters. The summed E-state index contributed by atoms with van der Waals surface area (Å²) in [7, 11) is -3.72.